The van der Waals surface area contributed by atoms with Crippen LogP contribution in [0.2, 0.25) is 0 Å². The molecule has 10 heteroatoms. The number of methoxy groups -OCH3 is 1. The molecule has 2 aromatic carbocycles. The monoisotopic (exact) mass is 548 g/mol. The molecular formula is C29H32N4O5S. The Morgan fingerprint density at radius 2 is 1.87 bits per heavy atom. The number of carbonyl (C=O) groups is 2. The lowest BCUT2D eigenvalue weighted by Crippen LogP contribution is -2.43. The van der Waals surface area contributed by atoms with E-state index in [4.69, 9.17) is 19.3 Å². The molecule has 0 spiro atoms. The van der Waals surface area contributed by atoms with Crippen molar-refractivity contribution in [3.8, 4) is 22.9 Å². The van der Waals surface area contributed by atoms with Gasteiger partial charge in [0.25, 0.3) is 0 Å². The van der Waals surface area contributed by atoms with Crippen LogP contribution >= 0.6 is 11.8 Å². The summed E-state index contributed by atoms with van der Waals surface area (Å²) in [6.45, 7) is 6.47. The maximum atomic E-state index is 13.7. The zero-order valence-corrected chi connectivity index (χ0v) is 23.3. The fourth-order valence-corrected chi connectivity index (χ4v) is 6.15. The molecule has 6 rings (SSSR count). The second-order valence-electron chi connectivity index (χ2n) is 11.1. The second kappa shape index (κ2) is 9.82. The van der Waals surface area contributed by atoms with Crippen molar-refractivity contribution in [1.29, 1.82) is 0 Å². The number of ether oxygens (including phenoxy) is 3. The minimum atomic E-state index is -0.341. The highest BCUT2D eigenvalue weighted by Crippen LogP contribution is 2.50. The number of nitrogens with one attached hydrogen (secondary N) is 1. The van der Waals surface area contributed by atoms with Crippen LogP contribution in [0.5, 0.6) is 17.2 Å². The molecule has 0 unspecified atom stereocenters. The molecular weight excluding hydrogens is 516 g/mol. The summed E-state index contributed by atoms with van der Waals surface area (Å²) in [7, 11) is 1.62. The molecule has 0 bridgehead atoms. The van der Waals surface area contributed by atoms with E-state index in [2.05, 4.69) is 26.1 Å². The summed E-state index contributed by atoms with van der Waals surface area (Å²) in [6.07, 6.45) is 1.95. The van der Waals surface area contributed by atoms with Crippen LogP contribution in [0.3, 0.4) is 0 Å². The first-order chi connectivity index (χ1) is 18.7. The van der Waals surface area contributed by atoms with Gasteiger partial charge >= 0.3 is 0 Å². The Hall–Kier alpha value is -3.66. The van der Waals surface area contributed by atoms with Gasteiger partial charge in [-0.25, -0.2) is 4.68 Å². The summed E-state index contributed by atoms with van der Waals surface area (Å²) in [5, 5.41) is 7.95. The zero-order valence-electron chi connectivity index (χ0n) is 22.5. The molecule has 2 aliphatic heterocycles. The quantitative estimate of drug-likeness (QED) is 0.489. The Balaban J connectivity index is 1.55. The lowest BCUT2D eigenvalue weighted by molar-refractivity contribution is -0.123. The van der Waals surface area contributed by atoms with Crippen LogP contribution in [0, 0.1) is 0 Å². The zero-order chi connectivity index (χ0) is 27.3. The molecule has 204 valence electrons. The van der Waals surface area contributed by atoms with Gasteiger partial charge in [0.15, 0.2) is 11.5 Å². The van der Waals surface area contributed by atoms with Crippen LogP contribution in [0.1, 0.15) is 55.7 Å². The number of rotatable bonds is 6. The Bertz CT molecular complexity index is 1420. The van der Waals surface area contributed by atoms with Gasteiger partial charge in [0.05, 0.1) is 29.5 Å². The number of hydrogen-bond acceptors (Lipinski definition) is 7. The van der Waals surface area contributed by atoms with Crippen molar-refractivity contribution in [3.63, 3.8) is 0 Å². The molecule has 3 aliphatic rings. The van der Waals surface area contributed by atoms with Crippen molar-refractivity contribution >= 4 is 29.4 Å². The number of carbonyl (C=O) groups excluding carboxylic acids is 2. The molecule has 3 aromatic rings. The number of anilines is 1. The molecule has 2 amide bonds. The van der Waals surface area contributed by atoms with E-state index < -0.39 is 0 Å². The molecule has 1 aliphatic carbocycles. The number of hydrogen-bond donors (Lipinski definition) is 1. The van der Waals surface area contributed by atoms with E-state index in [1.165, 1.54) is 0 Å². The maximum absolute atomic E-state index is 13.7. The molecule has 1 fully saturated rings. The highest BCUT2D eigenvalue weighted by Gasteiger charge is 2.40. The molecule has 0 radical (unpaired) electrons. The first kappa shape index (κ1) is 25.6. The van der Waals surface area contributed by atoms with Gasteiger partial charge in [-0.3, -0.25) is 14.5 Å². The Morgan fingerprint density at radius 3 is 2.56 bits per heavy atom. The minimum Gasteiger partial charge on any atom is -0.497 e. The van der Waals surface area contributed by atoms with Crippen LogP contribution in [0.15, 0.2) is 42.5 Å². The van der Waals surface area contributed by atoms with Gasteiger partial charge in [-0.1, -0.05) is 26.8 Å². The Morgan fingerprint density at radius 1 is 1.13 bits per heavy atom. The van der Waals surface area contributed by atoms with Crippen molar-refractivity contribution in [1.82, 2.24) is 15.1 Å². The third-order valence-electron chi connectivity index (χ3n) is 7.06. The van der Waals surface area contributed by atoms with Crippen molar-refractivity contribution in [3.05, 3.63) is 59.3 Å². The number of fused-ring (bicyclic) bond motifs is 2. The van der Waals surface area contributed by atoms with Crippen molar-refractivity contribution < 1.29 is 23.8 Å². The SMILES string of the molecule is COc1ccc(-n2nc(C(C)(C)C)c3c2N(CC(=O)NC2CC2)C(=O)CS[C@@H]3c2ccc3c(c2)OCO3)cc1. The number of aromatic nitrogens is 2. The molecule has 9 nitrogen and oxygen atoms in total. The van der Waals surface area contributed by atoms with Crippen molar-refractivity contribution in [2.24, 2.45) is 0 Å². The van der Waals surface area contributed by atoms with Gasteiger partial charge < -0.3 is 19.5 Å². The maximum Gasteiger partial charge on any atom is 0.240 e. The highest BCUT2D eigenvalue weighted by atomic mass is 32.2. The number of nitrogens with zero attached hydrogens (tertiary/aromatic N) is 3. The van der Waals surface area contributed by atoms with E-state index in [9.17, 15) is 9.59 Å². The lowest BCUT2D eigenvalue weighted by atomic mass is 9.87. The number of benzene rings is 2. The smallest absolute Gasteiger partial charge is 0.240 e. The highest BCUT2D eigenvalue weighted by molar-refractivity contribution is 8.00. The summed E-state index contributed by atoms with van der Waals surface area (Å²) in [6, 6.07) is 13.7. The standard InChI is InChI=1S/C29H32N4O5S/c1-29(2,3)27-25-26(17-5-12-21-22(13-17)38-16-37-21)39-15-24(35)32(14-23(34)30-18-6-7-18)28(25)33(31-27)19-8-10-20(36-4)11-9-19/h5,8-13,18,26H,6-7,14-16H2,1-4H3,(H,30,34)/t26-/m1/s1. The molecule has 1 saturated carbocycles. The van der Waals surface area contributed by atoms with Gasteiger partial charge in [-0.15, -0.1) is 11.8 Å². The predicted molar refractivity (Wildman–Crippen MR) is 149 cm³/mol. The second-order valence-corrected chi connectivity index (χ2v) is 12.2. The summed E-state index contributed by atoms with van der Waals surface area (Å²) in [5.41, 5.74) is 3.21. The molecule has 1 atom stereocenters. The summed E-state index contributed by atoms with van der Waals surface area (Å²) < 4.78 is 18.4. The lowest BCUT2D eigenvalue weighted by Gasteiger charge is -2.24. The fourth-order valence-electron chi connectivity index (χ4n) is 4.96. The average molecular weight is 549 g/mol. The molecule has 1 N–H and O–H groups in total. The molecule has 39 heavy (non-hydrogen) atoms. The van der Waals surface area contributed by atoms with Gasteiger partial charge in [-0.2, -0.15) is 5.10 Å². The van der Waals surface area contributed by atoms with E-state index in [-0.39, 0.29) is 47.6 Å². The van der Waals surface area contributed by atoms with Crippen LogP contribution in [0.25, 0.3) is 5.69 Å². The Kier molecular flexibility index (Phi) is 6.45. The van der Waals surface area contributed by atoms with Gasteiger partial charge in [-0.05, 0) is 54.8 Å². The summed E-state index contributed by atoms with van der Waals surface area (Å²) in [5.74, 6) is 2.65. The third kappa shape index (κ3) is 4.93. The molecule has 0 saturated heterocycles. The van der Waals surface area contributed by atoms with Crippen molar-refractivity contribution in [2.75, 3.05) is 31.1 Å². The normalized spacial score (nSPS) is 18.5. The van der Waals surface area contributed by atoms with Crippen LogP contribution in [0.4, 0.5) is 5.82 Å². The topological polar surface area (TPSA) is 94.9 Å². The van der Waals surface area contributed by atoms with E-state index in [1.54, 1.807) is 23.8 Å². The fraction of sp³-hybridized carbons (Fsp3) is 0.414. The molecule has 3 heterocycles. The summed E-state index contributed by atoms with van der Waals surface area (Å²) >= 11 is 1.54. The van der Waals surface area contributed by atoms with E-state index in [1.807, 2.05) is 47.1 Å². The molecule has 1 aromatic heterocycles. The third-order valence-corrected chi connectivity index (χ3v) is 8.31. The van der Waals surface area contributed by atoms with Gasteiger partial charge in [0.1, 0.15) is 18.1 Å². The first-order valence-electron chi connectivity index (χ1n) is 13.1. The minimum absolute atomic E-state index is 0.0673. The van der Waals surface area contributed by atoms with E-state index in [0.29, 0.717) is 17.3 Å². The first-order valence-corrected chi connectivity index (χ1v) is 14.2. The van der Waals surface area contributed by atoms with Crippen molar-refractivity contribution in [2.45, 2.75) is 50.3 Å². The number of thioether (sulfide) groups is 1. The van der Waals surface area contributed by atoms with Gasteiger partial charge in [0, 0.05) is 17.0 Å². The van der Waals surface area contributed by atoms with Crippen LogP contribution in [-0.4, -0.2) is 53.8 Å². The largest absolute Gasteiger partial charge is 0.497 e. The number of amides is 2. The Labute approximate surface area is 231 Å². The predicted octanol–water partition coefficient (Wildman–Crippen LogP) is 4.35. The van der Waals surface area contributed by atoms with E-state index >= 15 is 0 Å². The average Bonchev–Trinajstić information content (AvgIpc) is 3.47. The van der Waals surface area contributed by atoms with Gasteiger partial charge in [0.2, 0.25) is 18.6 Å². The van der Waals surface area contributed by atoms with Crippen LogP contribution < -0.4 is 24.4 Å². The van der Waals surface area contributed by atoms with E-state index in [0.717, 1.165) is 41.1 Å². The van der Waals surface area contributed by atoms with Crippen LogP contribution in [-0.2, 0) is 15.0 Å². The summed E-state index contributed by atoms with van der Waals surface area (Å²) in [4.78, 5) is 28.4.